The maximum absolute atomic E-state index is 14.0. The van der Waals surface area contributed by atoms with Gasteiger partial charge in [0, 0.05) is 35.2 Å². The van der Waals surface area contributed by atoms with Gasteiger partial charge in [0.05, 0.1) is 7.11 Å². The van der Waals surface area contributed by atoms with Crippen LogP contribution in [0.25, 0.3) is 0 Å². The van der Waals surface area contributed by atoms with Crippen LogP contribution in [0.1, 0.15) is 27.6 Å². The Morgan fingerprint density at radius 1 is 1.16 bits per heavy atom. The number of hydrogen-bond donors (Lipinski definition) is 0. The normalized spacial score (nSPS) is 17.9. The Kier molecular flexibility index (Phi) is 5.58. The molecule has 1 aliphatic heterocycles. The number of ether oxygens (including phenoxy) is 1. The lowest BCUT2D eigenvalue weighted by molar-refractivity contribution is 0.0766. The van der Waals surface area contributed by atoms with E-state index < -0.39 is 5.82 Å². The second kappa shape index (κ2) is 7.87. The van der Waals surface area contributed by atoms with E-state index in [4.69, 9.17) is 4.74 Å². The highest BCUT2D eigenvalue weighted by Crippen LogP contribution is 2.35. The second-order valence-electron chi connectivity index (χ2n) is 5.81. The van der Waals surface area contributed by atoms with Gasteiger partial charge in [0.25, 0.3) is 5.91 Å². The van der Waals surface area contributed by atoms with Gasteiger partial charge in [0.15, 0.2) is 11.6 Å². The summed E-state index contributed by atoms with van der Waals surface area (Å²) in [6, 6.07) is 11.0. The smallest absolute Gasteiger partial charge is 0.253 e. The van der Waals surface area contributed by atoms with Crippen LogP contribution < -0.4 is 4.74 Å². The molecule has 132 valence electrons. The molecule has 1 atom stereocenters. The summed E-state index contributed by atoms with van der Waals surface area (Å²) in [5, 5.41) is 0.0200. The Bertz CT molecular complexity index is 769. The van der Waals surface area contributed by atoms with E-state index in [1.54, 1.807) is 34.9 Å². The predicted molar refractivity (Wildman–Crippen MR) is 95.1 cm³/mol. The summed E-state index contributed by atoms with van der Waals surface area (Å²) in [6.07, 6.45) is 0.663. The van der Waals surface area contributed by atoms with Crippen LogP contribution in [0.4, 0.5) is 8.78 Å². The zero-order chi connectivity index (χ0) is 17.8. The Morgan fingerprint density at radius 3 is 2.68 bits per heavy atom. The first-order valence-corrected chi connectivity index (χ1v) is 9.14. The molecule has 25 heavy (non-hydrogen) atoms. The number of nitrogens with zero attached hydrogens (tertiary/aromatic N) is 1. The molecule has 0 radical (unpaired) electrons. The SMILES string of the molecule is COc1ccc(C(=O)N2CCSC(c3ccccc3F)CC2)cc1F. The summed E-state index contributed by atoms with van der Waals surface area (Å²) in [5.74, 6) is -0.152. The van der Waals surface area contributed by atoms with Crippen molar-refractivity contribution in [1.29, 1.82) is 0 Å². The second-order valence-corrected chi connectivity index (χ2v) is 7.12. The zero-order valence-electron chi connectivity index (χ0n) is 13.9. The summed E-state index contributed by atoms with van der Waals surface area (Å²) in [7, 11) is 1.38. The fraction of sp³-hybridized carbons (Fsp3) is 0.316. The van der Waals surface area contributed by atoms with Gasteiger partial charge in [0.1, 0.15) is 5.82 Å². The molecule has 1 fully saturated rings. The van der Waals surface area contributed by atoms with Gasteiger partial charge in [-0.05, 0) is 30.7 Å². The minimum absolute atomic E-state index is 0.0200. The van der Waals surface area contributed by atoms with Gasteiger partial charge in [-0.25, -0.2) is 8.78 Å². The van der Waals surface area contributed by atoms with Crippen LogP contribution in [-0.2, 0) is 0 Å². The number of benzene rings is 2. The van der Waals surface area contributed by atoms with Crippen LogP contribution in [0, 0.1) is 11.6 Å². The highest BCUT2D eigenvalue weighted by Gasteiger charge is 2.24. The number of amides is 1. The zero-order valence-corrected chi connectivity index (χ0v) is 14.7. The van der Waals surface area contributed by atoms with Gasteiger partial charge >= 0.3 is 0 Å². The van der Waals surface area contributed by atoms with Crippen molar-refractivity contribution in [3.8, 4) is 5.75 Å². The molecule has 3 rings (SSSR count). The lowest BCUT2D eigenvalue weighted by atomic mass is 10.1. The van der Waals surface area contributed by atoms with Gasteiger partial charge in [-0.2, -0.15) is 11.8 Å². The third-order valence-electron chi connectivity index (χ3n) is 4.28. The Balaban J connectivity index is 1.71. The standard InChI is InChI=1S/C19H19F2NO2S/c1-24-17-7-6-13(12-16(17)21)19(23)22-9-8-18(25-11-10-22)14-4-2-3-5-15(14)20/h2-7,12,18H,8-11H2,1H3. The molecule has 1 unspecified atom stereocenters. The molecule has 0 aromatic heterocycles. The third-order valence-corrected chi connectivity index (χ3v) is 5.59. The van der Waals surface area contributed by atoms with E-state index in [1.807, 2.05) is 6.07 Å². The summed E-state index contributed by atoms with van der Waals surface area (Å²) >= 11 is 1.65. The molecule has 1 aliphatic rings. The largest absolute Gasteiger partial charge is 0.494 e. The summed E-state index contributed by atoms with van der Waals surface area (Å²) in [4.78, 5) is 14.4. The maximum atomic E-state index is 14.0. The molecule has 1 saturated heterocycles. The molecule has 0 saturated carbocycles. The van der Waals surface area contributed by atoms with E-state index >= 15 is 0 Å². The maximum Gasteiger partial charge on any atom is 0.253 e. The first-order chi connectivity index (χ1) is 12.1. The monoisotopic (exact) mass is 363 g/mol. The summed E-state index contributed by atoms with van der Waals surface area (Å²) < 4.78 is 32.7. The van der Waals surface area contributed by atoms with Crippen molar-refractivity contribution < 1.29 is 18.3 Å². The minimum atomic E-state index is -0.554. The van der Waals surface area contributed by atoms with Crippen LogP contribution in [0.3, 0.4) is 0 Å². The van der Waals surface area contributed by atoms with Crippen LogP contribution in [0.15, 0.2) is 42.5 Å². The summed E-state index contributed by atoms with van der Waals surface area (Å²) in [5.41, 5.74) is 0.977. The topological polar surface area (TPSA) is 29.5 Å². The quantitative estimate of drug-likeness (QED) is 0.815. The lowest BCUT2D eigenvalue weighted by Crippen LogP contribution is -2.33. The third kappa shape index (κ3) is 3.95. The van der Waals surface area contributed by atoms with Crippen LogP contribution in [0.2, 0.25) is 0 Å². The molecule has 0 bridgehead atoms. The van der Waals surface area contributed by atoms with E-state index in [2.05, 4.69) is 0 Å². The van der Waals surface area contributed by atoms with Crippen LogP contribution in [0.5, 0.6) is 5.75 Å². The minimum Gasteiger partial charge on any atom is -0.494 e. The van der Waals surface area contributed by atoms with Crippen molar-refractivity contribution in [2.24, 2.45) is 0 Å². The van der Waals surface area contributed by atoms with Crippen molar-refractivity contribution in [2.45, 2.75) is 11.7 Å². The number of halogens is 2. The average molecular weight is 363 g/mol. The van der Waals surface area contributed by atoms with Gasteiger partial charge in [-0.1, -0.05) is 18.2 Å². The highest BCUT2D eigenvalue weighted by molar-refractivity contribution is 7.99. The van der Waals surface area contributed by atoms with Crippen molar-refractivity contribution in [1.82, 2.24) is 4.90 Å². The van der Waals surface area contributed by atoms with Crippen molar-refractivity contribution in [3.05, 3.63) is 65.2 Å². The summed E-state index contributed by atoms with van der Waals surface area (Å²) in [6.45, 7) is 1.07. The van der Waals surface area contributed by atoms with E-state index in [0.717, 1.165) is 0 Å². The molecule has 6 heteroatoms. The first kappa shape index (κ1) is 17.7. The Labute approximate surface area is 150 Å². The molecule has 1 heterocycles. The molecule has 3 nitrogen and oxygen atoms in total. The average Bonchev–Trinajstić information content (AvgIpc) is 2.87. The fourth-order valence-corrected chi connectivity index (χ4v) is 4.19. The number of thioether (sulfide) groups is 1. The molecule has 2 aromatic carbocycles. The van der Waals surface area contributed by atoms with Crippen molar-refractivity contribution in [2.75, 3.05) is 26.0 Å². The highest BCUT2D eigenvalue weighted by atomic mass is 32.2. The van der Waals surface area contributed by atoms with Gasteiger partial charge < -0.3 is 9.64 Å². The molecule has 0 aliphatic carbocycles. The molecular weight excluding hydrogens is 344 g/mol. The number of methoxy groups -OCH3 is 1. The van der Waals surface area contributed by atoms with Gasteiger partial charge in [-0.3, -0.25) is 4.79 Å². The number of hydrogen-bond acceptors (Lipinski definition) is 3. The molecule has 0 spiro atoms. The number of carbonyl (C=O) groups is 1. The van der Waals surface area contributed by atoms with Gasteiger partial charge in [-0.15, -0.1) is 0 Å². The van der Waals surface area contributed by atoms with Crippen molar-refractivity contribution in [3.63, 3.8) is 0 Å². The number of carbonyl (C=O) groups excluding carboxylic acids is 1. The van der Waals surface area contributed by atoms with E-state index in [9.17, 15) is 13.6 Å². The van der Waals surface area contributed by atoms with E-state index in [0.29, 0.717) is 36.4 Å². The van der Waals surface area contributed by atoms with E-state index in [1.165, 1.54) is 25.3 Å². The predicted octanol–water partition coefficient (Wildman–Crippen LogP) is 4.29. The molecular formula is C19H19F2NO2S. The first-order valence-electron chi connectivity index (χ1n) is 8.09. The molecule has 2 aromatic rings. The van der Waals surface area contributed by atoms with Crippen LogP contribution >= 0.6 is 11.8 Å². The van der Waals surface area contributed by atoms with Crippen molar-refractivity contribution >= 4 is 17.7 Å². The fourth-order valence-electron chi connectivity index (χ4n) is 2.94. The number of rotatable bonds is 3. The lowest BCUT2D eigenvalue weighted by Gasteiger charge is -2.20. The molecule has 0 N–H and O–H groups in total. The van der Waals surface area contributed by atoms with Gasteiger partial charge in [0.2, 0.25) is 0 Å². The van der Waals surface area contributed by atoms with E-state index in [-0.39, 0.29) is 22.7 Å². The Morgan fingerprint density at radius 2 is 1.96 bits per heavy atom. The molecule has 1 amide bonds. The Hall–Kier alpha value is -2.08. The van der Waals surface area contributed by atoms with Crippen LogP contribution in [-0.4, -0.2) is 36.8 Å².